The first kappa shape index (κ1) is 16.4. The maximum absolute atomic E-state index is 12.1. The van der Waals surface area contributed by atoms with Crippen LogP contribution in [-0.2, 0) is 17.6 Å². The molecule has 0 spiro atoms. The van der Waals surface area contributed by atoms with Crippen molar-refractivity contribution in [2.24, 2.45) is 0 Å². The number of fused-ring (bicyclic) bond motifs is 2. The number of hydrogen-bond donors (Lipinski definition) is 3. The number of benzene rings is 2. The summed E-state index contributed by atoms with van der Waals surface area (Å²) in [6, 6.07) is 16.2. The van der Waals surface area contributed by atoms with Gasteiger partial charge in [0, 0.05) is 36.0 Å². The molecule has 0 fully saturated rings. The predicted octanol–water partition coefficient (Wildman–Crippen LogP) is 3.64. The summed E-state index contributed by atoms with van der Waals surface area (Å²) < 4.78 is 0. The third-order valence-electron chi connectivity index (χ3n) is 4.75. The highest BCUT2D eigenvalue weighted by Gasteiger charge is 2.09. The number of amides is 1. The molecule has 2 heterocycles. The Morgan fingerprint density at radius 2 is 1.77 bits per heavy atom. The van der Waals surface area contributed by atoms with E-state index in [9.17, 15) is 4.79 Å². The molecule has 0 aliphatic heterocycles. The van der Waals surface area contributed by atoms with E-state index >= 15 is 0 Å². The van der Waals surface area contributed by atoms with Crippen LogP contribution in [0.2, 0.25) is 0 Å². The highest BCUT2D eigenvalue weighted by Crippen LogP contribution is 2.21. The second kappa shape index (κ2) is 7.04. The number of aromatic amines is 2. The SMILES string of the molecule is Cc1[nH]c2ccccc2c1CCNC(=O)CCc1nc2ccccc2[nH]1. The van der Waals surface area contributed by atoms with E-state index in [1.54, 1.807) is 0 Å². The molecule has 5 nitrogen and oxygen atoms in total. The van der Waals surface area contributed by atoms with Gasteiger partial charge in [-0.3, -0.25) is 4.79 Å². The average Bonchev–Trinajstić information content (AvgIpc) is 3.20. The number of H-pyrrole nitrogens is 2. The van der Waals surface area contributed by atoms with Gasteiger partial charge in [-0.1, -0.05) is 30.3 Å². The van der Waals surface area contributed by atoms with Crippen LogP contribution in [0.4, 0.5) is 0 Å². The molecular weight excluding hydrogens is 324 g/mol. The van der Waals surface area contributed by atoms with Gasteiger partial charge >= 0.3 is 0 Å². The van der Waals surface area contributed by atoms with Crippen molar-refractivity contribution in [2.75, 3.05) is 6.54 Å². The van der Waals surface area contributed by atoms with Crippen molar-refractivity contribution in [3.8, 4) is 0 Å². The lowest BCUT2D eigenvalue weighted by atomic mass is 10.1. The number of nitrogens with zero attached hydrogens (tertiary/aromatic N) is 1. The van der Waals surface area contributed by atoms with Gasteiger partial charge in [-0.25, -0.2) is 4.98 Å². The third kappa shape index (κ3) is 3.33. The number of carbonyl (C=O) groups excluding carboxylic acids is 1. The van der Waals surface area contributed by atoms with Crippen molar-refractivity contribution in [1.29, 1.82) is 0 Å². The largest absolute Gasteiger partial charge is 0.358 e. The summed E-state index contributed by atoms with van der Waals surface area (Å²) in [6.07, 6.45) is 1.88. The van der Waals surface area contributed by atoms with Crippen LogP contribution in [-0.4, -0.2) is 27.4 Å². The van der Waals surface area contributed by atoms with E-state index in [-0.39, 0.29) is 5.91 Å². The van der Waals surface area contributed by atoms with Gasteiger partial charge in [0.2, 0.25) is 5.91 Å². The molecule has 0 saturated heterocycles. The Morgan fingerprint density at radius 3 is 2.62 bits per heavy atom. The Hall–Kier alpha value is -3.08. The molecule has 0 unspecified atom stereocenters. The molecule has 5 heteroatoms. The van der Waals surface area contributed by atoms with Crippen molar-refractivity contribution >= 4 is 27.8 Å². The van der Waals surface area contributed by atoms with Crippen molar-refractivity contribution in [3.63, 3.8) is 0 Å². The molecule has 2 aromatic heterocycles. The van der Waals surface area contributed by atoms with Crippen molar-refractivity contribution < 1.29 is 4.79 Å². The molecule has 4 rings (SSSR count). The highest BCUT2D eigenvalue weighted by molar-refractivity contribution is 5.84. The number of imidazole rings is 1. The van der Waals surface area contributed by atoms with Gasteiger partial charge < -0.3 is 15.3 Å². The van der Waals surface area contributed by atoms with Crippen LogP contribution in [0.1, 0.15) is 23.5 Å². The fourth-order valence-electron chi connectivity index (χ4n) is 3.43. The van der Waals surface area contributed by atoms with E-state index in [4.69, 9.17) is 0 Å². The van der Waals surface area contributed by atoms with Gasteiger partial charge in [0.1, 0.15) is 5.82 Å². The lowest BCUT2D eigenvalue weighted by Gasteiger charge is -2.05. The molecule has 0 atom stereocenters. The van der Waals surface area contributed by atoms with E-state index in [0.717, 1.165) is 28.8 Å². The molecule has 2 aromatic carbocycles. The van der Waals surface area contributed by atoms with Gasteiger partial charge in [0.25, 0.3) is 0 Å². The smallest absolute Gasteiger partial charge is 0.220 e. The molecule has 1 amide bonds. The molecule has 0 aliphatic rings. The zero-order valence-corrected chi connectivity index (χ0v) is 14.8. The Morgan fingerprint density at radius 1 is 1.00 bits per heavy atom. The van der Waals surface area contributed by atoms with Crippen LogP contribution in [0.25, 0.3) is 21.9 Å². The zero-order valence-electron chi connectivity index (χ0n) is 14.8. The number of para-hydroxylation sites is 3. The van der Waals surface area contributed by atoms with Crippen LogP contribution in [0.3, 0.4) is 0 Å². The highest BCUT2D eigenvalue weighted by atomic mass is 16.1. The standard InChI is InChI=1S/C21H22N4O/c1-14-15(16-6-2-3-7-17(16)23-14)12-13-22-21(26)11-10-20-24-18-8-4-5-9-19(18)25-20/h2-9,23H,10-13H2,1H3,(H,22,26)(H,24,25). The number of nitrogens with one attached hydrogen (secondary N) is 3. The summed E-state index contributed by atoms with van der Waals surface area (Å²) in [4.78, 5) is 23.3. The van der Waals surface area contributed by atoms with Crippen LogP contribution in [0.5, 0.6) is 0 Å². The van der Waals surface area contributed by atoms with Gasteiger partial charge in [-0.15, -0.1) is 0 Å². The first-order chi connectivity index (χ1) is 12.7. The molecule has 132 valence electrons. The quantitative estimate of drug-likeness (QED) is 0.499. The lowest BCUT2D eigenvalue weighted by Crippen LogP contribution is -2.26. The predicted molar refractivity (Wildman–Crippen MR) is 104 cm³/mol. The van der Waals surface area contributed by atoms with Crippen LogP contribution >= 0.6 is 0 Å². The number of hydrogen-bond acceptors (Lipinski definition) is 2. The minimum absolute atomic E-state index is 0.0583. The second-order valence-electron chi connectivity index (χ2n) is 6.57. The van der Waals surface area contributed by atoms with E-state index in [1.807, 2.05) is 36.4 Å². The van der Waals surface area contributed by atoms with Crippen molar-refractivity contribution in [2.45, 2.75) is 26.2 Å². The molecule has 26 heavy (non-hydrogen) atoms. The molecule has 4 aromatic rings. The Bertz CT molecular complexity index is 1030. The summed E-state index contributed by atoms with van der Waals surface area (Å²) >= 11 is 0. The number of aryl methyl sites for hydroxylation is 2. The molecule has 0 bridgehead atoms. The Balaban J connectivity index is 1.30. The summed E-state index contributed by atoms with van der Waals surface area (Å²) in [7, 11) is 0. The fourth-order valence-corrected chi connectivity index (χ4v) is 3.43. The van der Waals surface area contributed by atoms with Crippen molar-refractivity contribution in [3.05, 3.63) is 65.6 Å². The monoisotopic (exact) mass is 346 g/mol. The summed E-state index contributed by atoms with van der Waals surface area (Å²) in [5, 5.41) is 4.26. The fraction of sp³-hybridized carbons (Fsp3) is 0.238. The van der Waals surface area contributed by atoms with Gasteiger partial charge in [0.05, 0.1) is 11.0 Å². The summed E-state index contributed by atoms with van der Waals surface area (Å²) in [6.45, 7) is 2.72. The van der Waals surface area contributed by atoms with Crippen molar-refractivity contribution in [1.82, 2.24) is 20.3 Å². The maximum atomic E-state index is 12.1. The molecule has 0 saturated carbocycles. The first-order valence-corrected chi connectivity index (χ1v) is 8.97. The van der Waals surface area contributed by atoms with Gasteiger partial charge in [-0.2, -0.15) is 0 Å². The molecule has 3 N–H and O–H groups in total. The van der Waals surface area contributed by atoms with Gasteiger partial charge in [0.15, 0.2) is 0 Å². The minimum atomic E-state index is 0.0583. The third-order valence-corrected chi connectivity index (χ3v) is 4.75. The normalized spacial score (nSPS) is 11.3. The van der Waals surface area contributed by atoms with E-state index in [1.165, 1.54) is 16.6 Å². The maximum Gasteiger partial charge on any atom is 0.220 e. The summed E-state index contributed by atoms with van der Waals surface area (Å²) in [5.74, 6) is 0.914. The first-order valence-electron chi connectivity index (χ1n) is 8.97. The second-order valence-corrected chi connectivity index (χ2v) is 6.57. The topological polar surface area (TPSA) is 73.6 Å². The summed E-state index contributed by atoms with van der Waals surface area (Å²) in [5.41, 5.74) is 5.55. The van der Waals surface area contributed by atoms with Crippen LogP contribution in [0.15, 0.2) is 48.5 Å². The van der Waals surface area contributed by atoms with E-state index in [2.05, 4.69) is 39.3 Å². The van der Waals surface area contributed by atoms with Crippen LogP contribution < -0.4 is 5.32 Å². The molecule has 0 radical (unpaired) electrons. The number of aromatic nitrogens is 3. The van der Waals surface area contributed by atoms with E-state index < -0.39 is 0 Å². The Kier molecular flexibility index (Phi) is 4.44. The zero-order chi connectivity index (χ0) is 17.9. The van der Waals surface area contributed by atoms with Crippen LogP contribution in [0, 0.1) is 6.92 Å². The van der Waals surface area contributed by atoms with E-state index in [0.29, 0.717) is 19.4 Å². The number of rotatable bonds is 6. The Labute approximate surface area is 151 Å². The number of carbonyl (C=O) groups is 1. The average molecular weight is 346 g/mol. The van der Waals surface area contributed by atoms with Gasteiger partial charge in [-0.05, 0) is 37.1 Å². The lowest BCUT2D eigenvalue weighted by molar-refractivity contribution is -0.121. The minimum Gasteiger partial charge on any atom is -0.358 e. The molecular formula is C21H22N4O. The molecule has 0 aliphatic carbocycles.